The van der Waals surface area contributed by atoms with Crippen LogP contribution in [0.1, 0.15) is 0 Å². The van der Waals surface area contributed by atoms with Crippen molar-refractivity contribution < 1.29 is 27.0 Å². The van der Waals surface area contributed by atoms with Crippen molar-refractivity contribution in [2.75, 3.05) is 19.5 Å². The summed E-state index contributed by atoms with van der Waals surface area (Å²) in [7, 11) is 1.40. The van der Waals surface area contributed by atoms with Crippen LogP contribution < -0.4 is 15.2 Å². The van der Waals surface area contributed by atoms with Gasteiger partial charge in [-0.2, -0.15) is 8.78 Å². The summed E-state index contributed by atoms with van der Waals surface area (Å²) >= 11 is 0. The summed E-state index contributed by atoms with van der Waals surface area (Å²) in [5.74, 6) is -3.88. The molecule has 0 aliphatic rings. The molecule has 1 aromatic rings. The van der Waals surface area contributed by atoms with Crippen LogP contribution in [0.25, 0.3) is 0 Å². The summed E-state index contributed by atoms with van der Waals surface area (Å²) in [5, 5.41) is 0. The van der Waals surface area contributed by atoms with Gasteiger partial charge in [-0.25, -0.2) is 8.78 Å². The predicted octanol–water partition coefficient (Wildman–Crippen LogP) is 2.56. The van der Waals surface area contributed by atoms with Gasteiger partial charge in [-0.3, -0.25) is 0 Å². The van der Waals surface area contributed by atoms with E-state index in [1.165, 1.54) is 25.3 Å². The highest BCUT2D eigenvalue weighted by atomic mass is 19.3. The fourth-order valence-electron chi connectivity index (χ4n) is 1.02. The van der Waals surface area contributed by atoms with Crippen LogP contribution in [0.4, 0.5) is 23.2 Å². The molecule has 1 aromatic carbocycles. The quantitative estimate of drug-likeness (QED) is 0.648. The molecule has 0 heterocycles. The smallest absolute Gasteiger partial charge is 0.340 e. The molecule has 1 rings (SSSR count). The first kappa shape index (κ1) is 13.4. The Kier molecular flexibility index (Phi) is 4.03. The number of halogens is 4. The lowest BCUT2D eigenvalue weighted by atomic mass is 10.3. The molecule has 0 fully saturated rings. The highest BCUT2D eigenvalue weighted by molar-refractivity contribution is 5.56. The van der Waals surface area contributed by atoms with Gasteiger partial charge in [0.25, 0.3) is 0 Å². The second-order valence-corrected chi connectivity index (χ2v) is 3.25. The van der Waals surface area contributed by atoms with E-state index < -0.39 is 19.0 Å². The van der Waals surface area contributed by atoms with E-state index in [1.54, 1.807) is 0 Å². The topological polar surface area (TPSA) is 44.5 Å². The number of benzene rings is 1. The number of hydrogen-bond donors (Lipinski definition) is 1. The maximum atomic E-state index is 12.6. The molecule has 0 atom stereocenters. The van der Waals surface area contributed by atoms with Crippen LogP contribution in [-0.2, 0) is 0 Å². The van der Waals surface area contributed by atoms with Gasteiger partial charge in [-0.1, -0.05) is 0 Å². The normalized spacial score (nSPS) is 11.6. The second kappa shape index (κ2) is 5.11. The zero-order valence-corrected chi connectivity index (χ0v) is 8.92. The largest absolute Gasteiger partial charge is 0.497 e. The van der Waals surface area contributed by atoms with Gasteiger partial charge >= 0.3 is 12.3 Å². The van der Waals surface area contributed by atoms with Crippen LogP contribution in [0.15, 0.2) is 18.2 Å². The standard InChI is InChI=1S/C10H11F4NO2/c1-16-6-2-3-8(7(15)4-6)17-5-10(13,14)9(11)12/h2-4,9H,5,15H2,1H3. The maximum Gasteiger partial charge on any atom is 0.340 e. The van der Waals surface area contributed by atoms with Gasteiger partial charge in [-0.05, 0) is 12.1 Å². The fourth-order valence-corrected chi connectivity index (χ4v) is 1.02. The van der Waals surface area contributed by atoms with E-state index in [0.29, 0.717) is 5.75 Å². The third-order valence-corrected chi connectivity index (χ3v) is 1.96. The minimum atomic E-state index is -4.20. The van der Waals surface area contributed by atoms with E-state index in [4.69, 9.17) is 10.5 Å². The second-order valence-electron chi connectivity index (χ2n) is 3.25. The summed E-state index contributed by atoms with van der Waals surface area (Å²) in [6.07, 6.45) is -3.78. The first-order valence-electron chi connectivity index (χ1n) is 4.59. The van der Waals surface area contributed by atoms with Crippen LogP contribution in [0, 0.1) is 0 Å². The molecule has 0 aliphatic heterocycles. The Balaban J connectivity index is 2.70. The Morgan fingerprint density at radius 1 is 1.35 bits per heavy atom. The molecule has 0 amide bonds. The average Bonchev–Trinajstić information content (AvgIpc) is 2.27. The molecular formula is C10H11F4NO2. The van der Waals surface area contributed by atoms with Crippen molar-refractivity contribution in [1.82, 2.24) is 0 Å². The Morgan fingerprint density at radius 3 is 2.47 bits per heavy atom. The summed E-state index contributed by atoms with van der Waals surface area (Å²) in [6, 6.07) is 4.04. The van der Waals surface area contributed by atoms with Gasteiger partial charge in [0.1, 0.15) is 11.5 Å². The first-order valence-corrected chi connectivity index (χ1v) is 4.59. The van der Waals surface area contributed by atoms with Crippen molar-refractivity contribution >= 4 is 5.69 Å². The van der Waals surface area contributed by atoms with Crippen molar-refractivity contribution in [2.24, 2.45) is 0 Å². The van der Waals surface area contributed by atoms with E-state index in [1.807, 2.05) is 0 Å². The van der Waals surface area contributed by atoms with E-state index >= 15 is 0 Å². The zero-order valence-electron chi connectivity index (χ0n) is 8.92. The van der Waals surface area contributed by atoms with Gasteiger partial charge in [0.15, 0.2) is 6.61 Å². The first-order chi connectivity index (χ1) is 7.86. The van der Waals surface area contributed by atoms with E-state index in [0.717, 1.165) is 0 Å². The number of nitrogens with two attached hydrogens (primary N) is 1. The Hall–Kier alpha value is -1.66. The molecule has 0 aromatic heterocycles. The molecule has 0 bridgehead atoms. The van der Waals surface area contributed by atoms with Gasteiger partial charge in [-0.15, -0.1) is 0 Å². The molecule has 96 valence electrons. The van der Waals surface area contributed by atoms with Crippen molar-refractivity contribution in [3.63, 3.8) is 0 Å². The SMILES string of the molecule is COc1ccc(OCC(F)(F)C(F)F)c(N)c1. The summed E-state index contributed by atoms with van der Waals surface area (Å²) in [4.78, 5) is 0. The number of nitrogen functional groups attached to an aromatic ring is 1. The van der Waals surface area contributed by atoms with Crippen LogP contribution in [0.3, 0.4) is 0 Å². The number of hydrogen-bond acceptors (Lipinski definition) is 3. The molecule has 0 saturated heterocycles. The molecule has 3 nitrogen and oxygen atoms in total. The Bertz CT molecular complexity index is 385. The summed E-state index contributed by atoms with van der Waals surface area (Å²) in [5.41, 5.74) is 5.50. The average molecular weight is 253 g/mol. The summed E-state index contributed by atoms with van der Waals surface area (Å²) < 4.78 is 58.2. The van der Waals surface area contributed by atoms with Gasteiger partial charge in [0.2, 0.25) is 0 Å². The van der Waals surface area contributed by atoms with E-state index in [-0.39, 0.29) is 11.4 Å². The van der Waals surface area contributed by atoms with Crippen molar-refractivity contribution in [1.29, 1.82) is 0 Å². The van der Waals surface area contributed by atoms with Crippen LogP contribution in [0.5, 0.6) is 11.5 Å². The predicted molar refractivity (Wildman–Crippen MR) is 53.9 cm³/mol. The highest BCUT2D eigenvalue weighted by Crippen LogP contribution is 2.29. The molecule has 7 heteroatoms. The van der Waals surface area contributed by atoms with Gasteiger partial charge in [0.05, 0.1) is 12.8 Å². The van der Waals surface area contributed by atoms with E-state index in [2.05, 4.69) is 4.74 Å². The lowest BCUT2D eigenvalue weighted by molar-refractivity contribution is -0.148. The monoisotopic (exact) mass is 253 g/mol. The number of methoxy groups -OCH3 is 1. The third kappa shape index (κ3) is 3.40. The number of alkyl halides is 4. The van der Waals surface area contributed by atoms with Crippen molar-refractivity contribution in [3.8, 4) is 11.5 Å². The lowest BCUT2D eigenvalue weighted by Crippen LogP contribution is -2.33. The van der Waals surface area contributed by atoms with Gasteiger partial charge < -0.3 is 15.2 Å². The fraction of sp³-hybridized carbons (Fsp3) is 0.400. The molecule has 0 radical (unpaired) electrons. The van der Waals surface area contributed by atoms with Crippen molar-refractivity contribution in [3.05, 3.63) is 18.2 Å². The minimum Gasteiger partial charge on any atom is -0.497 e. The third-order valence-electron chi connectivity index (χ3n) is 1.96. The molecule has 17 heavy (non-hydrogen) atoms. The minimum absolute atomic E-state index is 0.0365. The summed E-state index contributed by atoms with van der Waals surface area (Å²) in [6.45, 7) is -1.43. The van der Waals surface area contributed by atoms with Crippen LogP contribution in [0.2, 0.25) is 0 Å². The number of ether oxygens (including phenoxy) is 2. The number of anilines is 1. The van der Waals surface area contributed by atoms with Crippen LogP contribution in [-0.4, -0.2) is 26.1 Å². The molecule has 0 spiro atoms. The molecule has 0 aliphatic carbocycles. The van der Waals surface area contributed by atoms with Crippen molar-refractivity contribution in [2.45, 2.75) is 12.3 Å². The maximum absolute atomic E-state index is 12.6. The molecular weight excluding hydrogens is 242 g/mol. The zero-order chi connectivity index (χ0) is 13.1. The number of rotatable bonds is 5. The van der Waals surface area contributed by atoms with Crippen LogP contribution >= 0.6 is 0 Å². The molecule has 2 N–H and O–H groups in total. The van der Waals surface area contributed by atoms with Gasteiger partial charge in [0, 0.05) is 6.07 Å². The lowest BCUT2D eigenvalue weighted by Gasteiger charge is -2.17. The van der Waals surface area contributed by atoms with E-state index in [9.17, 15) is 17.6 Å². The molecule has 0 saturated carbocycles. The highest BCUT2D eigenvalue weighted by Gasteiger charge is 2.41. The Labute approximate surface area is 95.1 Å². The Morgan fingerprint density at radius 2 is 2.00 bits per heavy atom. The molecule has 0 unspecified atom stereocenters.